The van der Waals surface area contributed by atoms with Crippen LogP contribution in [-0.2, 0) is 26.2 Å². The van der Waals surface area contributed by atoms with Crippen LogP contribution >= 0.6 is 11.6 Å². The summed E-state index contributed by atoms with van der Waals surface area (Å²) >= 11 is 6.07. The Labute approximate surface area is 246 Å². The van der Waals surface area contributed by atoms with Gasteiger partial charge in [-0.1, -0.05) is 55.8 Å². The van der Waals surface area contributed by atoms with Crippen molar-refractivity contribution < 1.29 is 27.5 Å². The molecule has 0 saturated heterocycles. The minimum absolute atomic E-state index is 0.0275. The Kier molecular flexibility index (Phi) is 10.1. The second kappa shape index (κ2) is 13.7. The van der Waals surface area contributed by atoms with Crippen molar-refractivity contribution in [3.8, 4) is 11.5 Å². The van der Waals surface area contributed by atoms with Crippen LogP contribution in [0.5, 0.6) is 11.5 Å². The third-order valence-corrected chi connectivity index (χ3v) is 8.67. The van der Waals surface area contributed by atoms with Gasteiger partial charge in [0, 0.05) is 24.2 Å². The Morgan fingerprint density at radius 3 is 2.29 bits per heavy atom. The Bertz CT molecular complexity index is 1450. The predicted molar refractivity (Wildman–Crippen MR) is 158 cm³/mol. The van der Waals surface area contributed by atoms with Gasteiger partial charge in [-0.25, -0.2) is 8.42 Å². The summed E-state index contributed by atoms with van der Waals surface area (Å²) in [6, 6.07) is 18.8. The Balaban J connectivity index is 1.74. The van der Waals surface area contributed by atoms with Crippen LogP contribution in [-0.4, -0.2) is 57.5 Å². The van der Waals surface area contributed by atoms with E-state index in [0.717, 1.165) is 16.3 Å². The van der Waals surface area contributed by atoms with Gasteiger partial charge in [0.15, 0.2) is 11.5 Å². The maximum Gasteiger partial charge on any atom is 0.264 e. The number of ether oxygens (including phenoxy) is 2. The largest absolute Gasteiger partial charge is 0.486 e. The summed E-state index contributed by atoms with van der Waals surface area (Å²) in [6.07, 6.45) is 1.07. The molecule has 1 N–H and O–H groups in total. The van der Waals surface area contributed by atoms with Crippen LogP contribution in [0.2, 0.25) is 5.02 Å². The van der Waals surface area contributed by atoms with Gasteiger partial charge in [-0.15, -0.1) is 0 Å². The number of rotatable bonds is 12. The van der Waals surface area contributed by atoms with E-state index in [1.54, 1.807) is 60.7 Å². The lowest BCUT2D eigenvalue weighted by Gasteiger charge is -2.33. The first-order valence-corrected chi connectivity index (χ1v) is 15.4. The molecule has 2 amide bonds. The van der Waals surface area contributed by atoms with E-state index in [2.05, 4.69) is 5.32 Å². The van der Waals surface area contributed by atoms with E-state index in [-0.39, 0.29) is 23.0 Å². The van der Waals surface area contributed by atoms with E-state index in [0.29, 0.717) is 42.7 Å². The van der Waals surface area contributed by atoms with Crippen molar-refractivity contribution in [3.05, 3.63) is 83.4 Å². The average Bonchev–Trinajstić information content (AvgIpc) is 2.99. The number of halogens is 1. The molecule has 0 saturated carbocycles. The minimum atomic E-state index is -4.18. The highest BCUT2D eigenvalue weighted by molar-refractivity contribution is 7.92. The van der Waals surface area contributed by atoms with Crippen LogP contribution < -0.4 is 19.1 Å². The molecule has 1 aliphatic rings. The van der Waals surface area contributed by atoms with Crippen LogP contribution in [0.3, 0.4) is 0 Å². The zero-order valence-corrected chi connectivity index (χ0v) is 24.7. The molecule has 218 valence electrons. The van der Waals surface area contributed by atoms with Crippen molar-refractivity contribution >= 4 is 39.1 Å². The van der Waals surface area contributed by atoms with Crippen molar-refractivity contribution in [3.63, 3.8) is 0 Å². The maximum absolute atomic E-state index is 14.1. The number of hydrogen-bond donors (Lipinski definition) is 1. The quantitative estimate of drug-likeness (QED) is 0.325. The van der Waals surface area contributed by atoms with Crippen molar-refractivity contribution in [2.45, 2.75) is 44.2 Å². The van der Waals surface area contributed by atoms with Gasteiger partial charge in [0.1, 0.15) is 25.8 Å². The van der Waals surface area contributed by atoms with E-state index in [4.69, 9.17) is 21.1 Å². The average molecular weight is 600 g/mol. The van der Waals surface area contributed by atoms with Gasteiger partial charge in [0.05, 0.1) is 10.6 Å². The number of anilines is 1. The lowest BCUT2D eigenvalue weighted by atomic mass is 10.1. The smallest absolute Gasteiger partial charge is 0.264 e. The minimum Gasteiger partial charge on any atom is -0.486 e. The summed E-state index contributed by atoms with van der Waals surface area (Å²) in [5.74, 6) is 0.0468. The molecule has 0 aromatic heterocycles. The lowest BCUT2D eigenvalue weighted by molar-refractivity contribution is -0.140. The van der Waals surface area contributed by atoms with Crippen LogP contribution in [0.1, 0.15) is 32.3 Å². The highest BCUT2D eigenvalue weighted by atomic mass is 35.5. The lowest BCUT2D eigenvalue weighted by Crippen LogP contribution is -2.52. The number of amides is 2. The summed E-state index contributed by atoms with van der Waals surface area (Å²) in [5.41, 5.74) is 0.989. The van der Waals surface area contributed by atoms with Crippen LogP contribution in [0, 0.1) is 0 Å². The molecule has 0 fully saturated rings. The summed E-state index contributed by atoms with van der Waals surface area (Å²) in [7, 11) is -4.18. The van der Waals surface area contributed by atoms with E-state index < -0.39 is 28.5 Å². The number of fused-ring (bicyclic) bond motifs is 1. The molecule has 0 radical (unpaired) electrons. The van der Waals surface area contributed by atoms with Crippen molar-refractivity contribution in [2.24, 2.45) is 0 Å². The van der Waals surface area contributed by atoms with Gasteiger partial charge in [-0.05, 0) is 54.8 Å². The van der Waals surface area contributed by atoms with Gasteiger partial charge >= 0.3 is 0 Å². The Morgan fingerprint density at radius 2 is 1.63 bits per heavy atom. The molecule has 1 heterocycles. The number of nitrogens with zero attached hydrogens (tertiary/aromatic N) is 2. The first-order valence-electron chi connectivity index (χ1n) is 13.5. The number of nitrogens with one attached hydrogen (secondary N) is 1. The van der Waals surface area contributed by atoms with Gasteiger partial charge in [0.2, 0.25) is 11.8 Å². The maximum atomic E-state index is 14.1. The fraction of sp³-hybridized carbons (Fsp3) is 0.333. The first kappa shape index (κ1) is 30.2. The molecule has 11 heteroatoms. The molecule has 0 bridgehead atoms. The monoisotopic (exact) mass is 599 g/mol. The first-order chi connectivity index (χ1) is 19.7. The molecule has 1 atom stereocenters. The molecule has 9 nitrogen and oxygen atoms in total. The van der Waals surface area contributed by atoms with Gasteiger partial charge in [-0.2, -0.15) is 0 Å². The molecule has 1 aliphatic heterocycles. The van der Waals surface area contributed by atoms with Crippen molar-refractivity contribution in [1.82, 2.24) is 10.2 Å². The third kappa shape index (κ3) is 7.31. The molecule has 4 rings (SSSR count). The molecular weight excluding hydrogens is 566 g/mol. The zero-order chi connectivity index (χ0) is 29.4. The number of sulfonamides is 1. The van der Waals surface area contributed by atoms with Crippen LogP contribution in [0.25, 0.3) is 0 Å². The number of benzene rings is 3. The fourth-order valence-electron chi connectivity index (χ4n) is 4.51. The molecule has 0 spiro atoms. The topological polar surface area (TPSA) is 105 Å². The van der Waals surface area contributed by atoms with E-state index in [1.807, 2.05) is 13.8 Å². The molecule has 3 aromatic carbocycles. The number of carbonyl (C=O) groups excluding carboxylic acids is 2. The highest BCUT2D eigenvalue weighted by Gasteiger charge is 2.34. The van der Waals surface area contributed by atoms with Gasteiger partial charge < -0.3 is 19.7 Å². The zero-order valence-electron chi connectivity index (χ0n) is 23.1. The summed E-state index contributed by atoms with van der Waals surface area (Å²) in [5, 5.41) is 3.41. The second-order valence-electron chi connectivity index (χ2n) is 9.52. The number of carbonyl (C=O) groups is 2. The van der Waals surface area contributed by atoms with E-state index in [9.17, 15) is 18.0 Å². The van der Waals surface area contributed by atoms with Gasteiger partial charge in [0.25, 0.3) is 10.0 Å². The van der Waals surface area contributed by atoms with Gasteiger partial charge in [-0.3, -0.25) is 13.9 Å². The van der Waals surface area contributed by atoms with Crippen molar-refractivity contribution in [2.75, 3.05) is 30.6 Å². The summed E-state index contributed by atoms with van der Waals surface area (Å²) < 4.78 is 40.3. The Morgan fingerprint density at radius 1 is 0.951 bits per heavy atom. The van der Waals surface area contributed by atoms with Crippen LogP contribution in [0.15, 0.2) is 77.7 Å². The predicted octanol–water partition coefficient (Wildman–Crippen LogP) is 4.64. The summed E-state index contributed by atoms with van der Waals surface area (Å²) in [4.78, 5) is 28.7. The molecule has 41 heavy (non-hydrogen) atoms. The molecule has 0 unspecified atom stereocenters. The Hall–Kier alpha value is -3.76. The third-order valence-electron chi connectivity index (χ3n) is 6.63. The van der Waals surface area contributed by atoms with Crippen LogP contribution in [0.4, 0.5) is 5.69 Å². The standard InChI is InChI=1S/C30H34ClN3O6S/c1-3-16-32-30(36)26(4-2)33(20-22-10-12-23(31)13-11-22)29(35)21-34(41(37,38)25-8-6-5-7-9-25)24-14-15-27-28(19-24)40-18-17-39-27/h5-15,19,26H,3-4,16-18,20-21H2,1-2H3,(H,32,36)/t26-/m1/s1. The SMILES string of the molecule is CCCNC(=O)[C@@H](CC)N(Cc1ccc(Cl)cc1)C(=O)CN(c1ccc2c(c1)OCCO2)S(=O)(=O)c1ccccc1. The fourth-order valence-corrected chi connectivity index (χ4v) is 6.06. The van der Waals surface area contributed by atoms with Crippen molar-refractivity contribution in [1.29, 1.82) is 0 Å². The second-order valence-corrected chi connectivity index (χ2v) is 11.8. The summed E-state index contributed by atoms with van der Waals surface area (Å²) in [6.45, 7) is 4.48. The van der Waals surface area contributed by atoms with E-state index >= 15 is 0 Å². The van der Waals surface area contributed by atoms with E-state index in [1.165, 1.54) is 17.0 Å². The molecule has 0 aliphatic carbocycles. The number of hydrogen-bond acceptors (Lipinski definition) is 6. The highest BCUT2D eigenvalue weighted by Crippen LogP contribution is 2.36. The molecular formula is C30H34ClN3O6S. The normalized spacial score (nSPS) is 13.2. The molecule has 3 aromatic rings.